The number of nitrogens with one attached hydrogen (secondary N) is 1. The molecule has 2 aromatic rings. The van der Waals surface area contributed by atoms with E-state index >= 15 is 0 Å². The fourth-order valence-electron chi connectivity index (χ4n) is 1.71. The number of hydrogen-bond donors (Lipinski definition) is 2. The minimum atomic E-state index is -0.966. The number of benzene rings is 1. The van der Waals surface area contributed by atoms with Crippen molar-refractivity contribution in [1.29, 1.82) is 0 Å². The standard InChI is InChI=1S/C14H12N2O3.3C2H6/c1-15-13-11(8-17)6-7-12(16-13)9-2-4-10(5-3-9)14(18)19;3*1-2/h2-8H,1H3,(H,15,16)(H,18,19);3*1-2H3. The molecule has 0 aliphatic rings. The van der Waals surface area contributed by atoms with Crippen LogP contribution in [0.2, 0.25) is 0 Å². The van der Waals surface area contributed by atoms with Crippen molar-refractivity contribution in [3.8, 4) is 11.3 Å². The molecule has 1 aromatic carbocycles. The lowest BCUT2D eigenvalue weighted by molar-refractivity contribution is 0.0696. The van der Waals surface area contributed by atoms with E-state index in [1.807, 2.05) is 41.5 Å². The van der Waals surface area contributed by atoms with Crippen LogP contribution in [0, 0.1) is 0 Å². The van der Waals surface area contributed by atoms with Crippen molar-refractivity contribution in [2.45, 2.75) is 41.5 Å². The maximum atomic E-state index is 10.8. The third kappa shape index (κ3) is 7.61. The van der Waals surface area contributed by atoms with Gasteiger partial charge in [-0.3, -0.25) is 4.79 Å². The Balaban J connectivity index is 0. The van der Waals surface area contributed by atoms with Gasteiger partial charge < -0.3 is 10.4 Å². The molecule has 5 heteroatoms. The van der Waals surface area contributed by atoms with E-state index in [-0.39, 0.29) is 5.56 Å². The summed E-state index contributed by atoms with van der Waals surface area (Å²) in [5, 5.41) is 11.7. The predicted octanol–water partition coefficient (Wildman–Crippen LogP) is 5.38. The highest BCUT2D eigenvalue weighted by molar-refractivity contribution is 5.88. The van der Waals surface area contributed by atoms with Crippen LogP contribution in [0.15, 0.2) is 36.4 Å². The molecule has 2 N–H and O–H groups in total. The van der Waals surface area contributed by atoms with Gasteiger partial charge in [0, 0.05) is 12.6 Å². The van der Waals surface area contributed by atoms with Gasteiger partial charge in [0.2, 0.25) is 0 Å². The van der Waals surface area contributed by atoms with Gasteiger partial charge in [0.1, 0.15) is 5.82 Å². The van der Waals surface area contributed by atoms with Crippen LogP contribution in [-0.2, 0) is 0 Å². The van der Waals surface area contributed by atoms with Crippen molar-refractivity contribution in [2.75, 3.05) is 12.4 Å². The SMILES string of the molecule is CC.CC.CC.CNc1nc(-c2ccc(C(=O)O)cc2)ccc1C=O. The van der Waals surface area contributed by atoms with Crippen LogP contribution in [0.5, 0.6) is 0 Å². The third-order valence-electron chi connectivity index (χ3n) is 2.72. The summed E-state index contributed by atoms with van der Waals surface area (Å²) >= 11 is 0. The number of carbonyl (C=O) groups excluding carboxylic acids is 1. The number of carbonyl (C=O) groups is 2. The first-order chi connectivity index (χ1) is 12.2. The zero-order valence-electron chi connectivity index (χ0n) is 16.3. The van der Waals surface area contributed by atoms with E-state index in [0.717, 1.165) is 11.8 Å². The van der Waals surface area contributed by atoms with Gasteiger partial charge in [0.15, 0.2) is 6.29 Å². The van der Waals surface area contributed by atoms with Gasteiger partial charge in [-0.15, -0.1) is 0 Å². The molecular formula is C20H30N2O3. The largest absolute Gasteiger partial charge is 0.478 e. The normalized spacial score (nSPS) is 8.28. The number of pyridine rings is 1. The summed E-state index contributed by atoms with van der Waals surface area (Å²) in [5.41, 5.74) is 2.17. The van der Waals surface area contributed by atoms with Crippen molar-refractivity contribution in [3.63, 3.8) is 0 Å². The summed E-state index contributed by atoms with van der Waals surface area (Å²) in [4.78, 5) is 25.9. The highest BCUT2D eigenvalue weighted by Crippen LogP contribution is 2.21. The summed E-state index contributed by atoms with van der Waals surface area (Å²) in [6.45, 7) is 12.0. The van der Waals surface area contributed by atoms with Crippen LogP contribution >= 0.6 is 0 Å². The second-order valence-corrected chi connectivity index (χ2v) is 3.88. The Morgan fingerprint density at radius 3 is 1.88 bits per heavy atom. The molecule has 0 amide bonds. The number of hydrogen-bond acceptors (Lipinski definition) is 4. The van der Waals surface area contributed by atoms with E-state index in [1.165, 1.54) is 12.1 Å². The number of nitrogens with zero attached hydrogens (tertiary/aromatic N) is 1. The van der Waals surface area contributed by atoms with E-state index in [1.54, 1.807) is 31.3 Å². The Bertz CT molecular complexity index is 623. The number of carboxylic acids is 1. The molecule has 138 valence electrons. The second-order valence-electron chi connectivity index (χ2n) is 3.88. The fraction of sp³-hybridized carbons (Fsp3) is 0.350. The van der Waals surface area contributed by atoms with Crippen LogP contribution in [0.4, 0.5) is 5.82 Å². The number of aromatic nitrogens is 1. The second kappa shape index (κ2) is 14.9. The van der Waals surface area contributed by atoms with Crippen molar-refractivity contribution in [1.82, 2.24) is 4.98 Å². The minimum absolute atomic E-state index is 0.224. The third-order valence-corrected chi connectivity index (χ3v) is 2.72. The Kier molecular flexibility index (Phi) is 14.6. The number of aromatic carboxylic acids is 1. The first-order valence-electron chi connectivity index (χ1n) is 8.63. The van der Waals surface area contributed by atoms with Gasteiger partial charge >= 0.3 is 5.97 Å². The van der Waals surface area contributed by atoms with Crippen LogP contribution in [0.25, 0.3) is 11.3 Å². The highest BCUT2D eigenvalue weighted by Gasteiger charge is 2.07. The summed E-state index contributed by atoms with van der Waals surface area (Å²) < 4.78 is 0. The van der Waals surface area contributed by atoms with Gasteiger partial charge in [0.05, 0.1) is 16.8 Å². The molecule has 1 heterocycles. The van der Waals surface area contributed by atoms with Crippen LogP contribution in [-0.4, -0.2) is 29.4 Å². The quantitative estimate of drug-likeness (QED) is 0.727. The molecule has 0 bridgehead atoms. The summed E-state index contributed by atoms with van der Waals surface area (Å²) in [6, 6.07) is 9.81. The van der Waals surface area contributed by atoms with Gasteiger partial charge in [0.25, 0.3) is 0 Å². The monoisotopic (exact) mass is 346 g/mol. The average Bonchev–Trinajstić information content (AvgIpc) is 2.72. The molecule has 5 nitrogen and oxygen atoms in total. The average molecular weight is 346 g/mol. The Morgan fingerprint density at radius 2 is 1.48 bits per heavy atom. The number of rotatable bonds is 4. The van der Waals surface area contributed by atoms with Gasteiger partial charge in [-0.25, -0.2) is 9.78 Å². The fourth-order valence-corrected chi connectivity index (χ4v) is 1.71. The molecule has 0 saturated heterocycles. The van der Waals surface area contributed by atoms with E-state index in [9.17, 15) is 9.59 Å². The molecule has 0 aliphatic carbocycles. The lowest BCUT2D eigenvalue weighted by atomic mass is 10.1. The Hall–Kier alpha value is -2.69. The van der Waals surface area contributed by atoms with Crippen molar-refractivity contribution in [3.05, 3.63) is 47.5 Å². The molecule has 0 fully saturated rings. The number of carboxylic acid groups (broad SMARTS) is 1. The summed E-state index contributed by atoms with van der Waals surface area (Å²) in [5.74, 6) is -0.471. The molecular weight excluding hydrogens is 316 g/mol. The van der Waals surface area contributed by atoms with E-state index in [0.29, 0.717) is 17.1 Å². The Labute approximate surface area is 151 Å². The molecule has 0 saturated carbocycles. The highest BCUT2D eigenvalue weighted by atomic mass is 16.4. The molecule has 0 unspecified atom stereocenters. The van der Waals surface area contributed by atoms with Gasteiger partial charge in [-0.05, 0) is 24.3 Å². The summed E-state index contributed by atoms with van der Waals surface area (Å²) in [6.07, 6.45) is 0.732. The van der Waals surface area contributed by atoms with Gasteiger partial charge in [-0.1, -0.05) is 53.7 Å². The first-order valence-corrected chi connectivity index (χ1v) is 8.63. The van der Waals surface area contributed by atoms with E-state index < -0.39 is 5.97 Å². The van der Waals surface area contributed by atoms with Crippen molar-refractivity contribution in [2.24, 2.45) is 0 Å². The molecule has 0 aliphatic heterocycles. The minimum Gasteiger partial charge on any atom is -0.478 e. The lowest BCUT2D eigenvalue weighted by Gasteiger charge is -2.07. The maximum Gasteiger partial charge on any atom is 0.335 e. The van der Waals surface area contributed by atoms with Crippen LogP contribution in [0.1, 0.15) is 62.3 Å². The lowest BCUT2D eigenvalue weighted by Crippen LogP contribution is -1.99. The molecule has 0 spiro atoms. The molecule has 25 heavy (non-hydrogen) atoms. The number of anilines is 1. The van der Waals surface area contributed by atoms with E-state index in [4.69, 9.17) is 5.11 Å². The van der Waals surface area contributed by atoms with Crippen LogP contribution < -0.4 is 5.32 Å². The number of aldehydes is 1. The molecule has 0 atom stereocenters. The van der Waals surface area contributed by atoms with Crippen molar-refractivity contribution >= 4 is 18.1 Å². The molecule has 1 aromatic heterocycles. The Morgan fingerprint density at radius 1 is 0.960 bits per heavy atom. The zero-order valence-corrected chi connectivity index (χ0v) is 16.3. The van der Waals surface area contributed by atoms with Crippen molar-refractivity contribution < 1.29 is 14.7 Å². The maximum absolute atomic E-state index is 10.8. The van der Waals surface area contributed by atoms with Gasteiger partial charge in [-0.2, -0.15) is 0 Å². The molecule has 0 radical (unpaired) electrons. The first kappa shape index (κ1) is 24.6. The van der Waals surface area contributed by atoms with Crippen LogP contribution in [0.3, 0.4) is 0 Å². The predicted molar refractivity (Wildman–Crippen MR) is 106 cm³/mol. The topological polar surface area (TPSA) is 79.3 Å². The van der Waals surface area contributed by atoms with E-state index in [2.05, 4.69) is 10.3 Å². The smallest absolute Gasteiger partial charge is 0.335 e. The summed E-state index contributed by atoms with van der Waals surface area (Å²) in [7, 11) is 1.69. The molecule has 2 rings (SSSR count). The zero-order chi connectivity index (χ0) is 19.8.